The molecule has 0 saturated heterocycles. The SMILES string of the molecule is N/C(=N/O)c1ccnc(SCC(=O)NC2CC2)c1. The molecule has 1 amide bonds. The number of aromatic nitrogens is 1. The van der Waals surface area contributed by atoms with Gasteiger partial charge in [0.15, 0.2) is 5.84 Å². The molecule has 96 valence electrons. The van der Waals surface area contributed by atoms with E-state index in [4.69, 9.17) is 10.9 Å². The predicted octanol–water partition coefficient (Wildman–Crippen LogP) is 0.547. The van der Waals surface area contributed by atoms with Crippen LogP contribution in [0, 0.1) is 0 Å². The quantitative estimate of drug-likeness (QED) is 0.237. The van der Waals surface area contributed by atoms with Gasteiger partial charge in [0, 0.05) is 17.8 Å². The molecule has 1 fully saturated rings. The van der Waals surface area contributed by atoms with Crippen LogP contribution in [0.2, 0.25) is 0 Å². The van der Waals surface area contributed by atoms with E-state index in [-0.39, 0.29) is 11.7 Å². The molecule has 0 aliphatic heterocycles. The van der Waals surface area contributed by atoms with E-state index >= 15 is 0 Å². The van der Waals surface area contributed by atoms with Crippen LogP contribution in [-0.4, -0.2) is 33.7 Å². The molecule has 1 aliphatic rings. The van der Waals surface area contributed by atoms with E-state index in [1.165, 1.54) is 11.8 Å². The van der Waals surface area contributed by atoms with E-state index < -0.39 is 0 Å². The zero-order valence-electron chi connectivity index (χ0n) is 9.67. The number of nitrogens with one attached hydrogen (secondary N) is 1. The first-order chi connectivity index (χ1) is 8.69. The number of hydrogen-bond acceptors (Lipinski definition) is 5. The fourth-order valence-corrected chi connectivity index (χ4v) is 2.05. The molecule has 1 aromatic rings. The van der Waals surface area contributed by atoms with Crippen LogP contribution in [0.4, 0.5) is 0 Å². The number of amidine groups is 1. The number of nitrogens with two attached hydrogens (primary N) is 1. The standard InChI is InChI=1S/C11H14N4O2S/c12-11(15-17)7-3-4-13-10(5-7)18-6-9(16)14-8-1-2-8/h3-5,8,17H,1-2,6H2,(H2,12,15)(H,14,16). The van der Waals surface area contributed by atoms with Crippen molar-refractivity contribution >= 4 is 23.5 Å². The molecule has 1 aromatic heterocycles. The smallest absolute Gasteiger partial charge is 0.230 e. The molecule has 0 spiro atoms. The summed E-state index contributed by atoms with van der Waals surface area (Å²) >= 11 is 1.33. The van der Waals surface area contributed by atoms with Crippen LogP contribution >= 0.6 is 11.8 Å². The summed E-state index contributed by atoms with van der Waals surface area (Å²) < 4.78 is 0. The summed E-state index contributed by atoms with van der Waals surface area (Å²) in [5, 5.41) is 15.1. The van der Waals surface area contributed by atoms with E-state index in [1.807, 2.05) is 0 Å². The molecule has 7 heteroatoms. The Bertz CT molecular complexity index is 474. The normalized spacial score (nSPS) is 15.4. The van der Waals surface area contributed by atoms with Crippen LogP contribution in [0.15, 0.2) is 28.5 Å². The highest BCUT2D eigenvalue weighted by Crippen LogP contribution is 2.20. The minimum Gasteiger partial charge on any atom is -0.409 e. The second-order valence-electron chi connectivity index (χ2n) is 4.00. The average molecular weight is 266 g/mol. The number of rotatable bonds is 5. The van der Waals surface area contributed by atoms with Gasteiger partial charge in [0.25, 0.3) is 0 Å². The Kier molecular flexibility index (Phi) is 4.03. The lowest BCUT2D eigenvalue weighted by molar-refractivity contribution is -0.118. The highest BCUT2D eigenvalue weighted by atomic mass is 32.2. The van der Waals surface area contributed by atoms with Crippen LogP contribution in [0.1, 0.15) is 18.4 Å². The van der Waals surface area contributed by atoms with Gasteiger partial charge in [-0.15, -0.1) is 0 Å². The Labute approximate surface area is 109 Å². The summed E-state index contributed by atoms with van der Waals surface area (Å²) in [6, 6.07) is 3.70. The van der Waals surface area contributed by atoms with Gasteiger partial charge >= 0.3 is 0 Å². The topological polar surface area (TPSA) is 101 Å². The first-order valence-electron chi connectivity index (χ1n) is 5.55. The van der Waals surface area contributed by atoms with Gasteiger partial charge in [0.2, 0.25) is 5.91 Å². The molecule has 1 saturated carbocycles. The second kappa shape index (κ2) is 5.72. The van der Waals surface area contributed by atoms with Gasteiger partial charge in [-0.25, -0.2) is 4.98 Å². The van der Waals surface area contributed by atoms with Crippen LogP contribution in [0.25, 0.3) is 0 Å². The molecule has 6 nitrogen and oxygen atoms in total. The molecule has 1 heterocycles. The maximum Gasteiger partial charge on any atom is 0.230 e. The van der Waals surface area contributed by atoms with Crippen molar-refractivity contribution in [2.75, 3.05) is 5.75 Å². The Morgan fingerprint density at radius 2 is 2.44 bits per heavy atom. The summed E-state index contributed by atoms with van der Waals surface area (Å²) in [5.41, 5.74) is 6.06. The fraction of sp³-hybridized carbons (Fsp3) is 0.364. The van der Waals surface area contributed by atoms with Crippen molar-refractivity contribution in [1.29, 1.82) is 0 Å². The number of nitrogens with zero attached hydrogens (tertiary/aromatic N) is 2. The fourth-order valence-electron chi connectivity index (χ4n) is 1.34. The number of amides is 1. The summed E-state index contributed by atoms with van der Waals surface area (Å²) in [7, 11) is 0. The van der Waals surface area contributed by atoms with Crippen molar-refractivity contribution in [2.45, 2.75) is 23.9 Å². The minimum absolute atomic E-state index is 0.0125. The Hall–Kier alpha value is -1.76. The van der Waals surface area contributed by atoms with Gasteiger partial charge < -0.3 is 16.3 Å². The number of carbonyl (C=O) groups is 1. The summed E-state index contributed by atoms with van der Waals surface area (Å²) in [4.78, 5) is 15.6. The van der Waals surface area contributed by atoms with E-state index in [0.29, 0.717) is 22.4 Å². The summed E-state index contributed by atoms with van der Waals surface area (Å²) in [6.45, 7) is 0. The third kappa shape index (κ3) is 3.63. The molecule has 0 radical (unpaired) electrons. The van der Waals surface area contributed by atoms with Gasteiger partial charge in [0.1, 0.15) is 0 Å². The van der Waals surface area contributed by atoms with Crippen molar-refractivity contribution in [3.63, 3.8) is 0 Å². The van der Waals surface area contributed by atoms with Crippen molar-refractivity contribution < 1.29 is 10.0 Å². The summed E-state index contributed by atoms with van der Waals surface area (Å²) in [5.74, 6) is 0.364. The Morgan fingerprint density at radius 1 is 1.67 bits per heavy atom. The molecule has 2 rings (SSSR count). The zero-order valence-corrected chi connectivity index (χ0v) is 10.5. The van der Waals surface area contributed by atoms with E-state index in [0.717, 1.165) is 12.8 Å². The molecule has 0 aromatic carbocycles. The number of pyridine rings is 1. The highest BCUT2D eigenvalue weighted by Gasteiger charge is 2.23. The molecule has 18 heavy (non-hydrogen) atoms. The number of carbonyl (C=O) groups excluding carboxylic acids is 1. The lowest BCUT2D eigenvalue weighted by Gasteiger charge is -2.04. The van der Waals surface area contributed by atoms with Crippen molar-refractivity contribution in [1.82, 2.24) is 10.3 Å². The van der Waals surface area contributed by atoms with Gasteiger partial charge in [-0.3, -0.25) is 4.79 Å². The molecule has 0 unspecified atom stereocenters. The number of hydrogen-bond donors (Lipinski definition) is 3. The van der Waals surface area contributed by atoms with Gasteiger partial charge in [-0.1, -0.05) is 16.9 Å². The maximum atomic E-state index is 11.5. The van der Waals surface area contributed by atoms with Crippen molar-refractivity contribution in [3.05, 3.63) is 23.9 Å². The van der Waals surface area contributed by atoms with Gasteiger partial charge in [0.05, 0.1) is 10.8 Å². The molecule has 4 N–H and O–H groups in total. The third-order valence-electron chi connectivity index (χ3n) is 2.43. The number of oxime groups is 1. The van der Waals surface area contributed by atoms with Crippen molar-refractivity contribution in [3.8, 4) is 0 Å². The first-order valence-corrected chi connectivity index (χ1v) is 6.53. The lowest BCUT2D eigenvalue weighted by Crippen LogP contribution is -2.27. The van der Waals surface area contributed by atoms with Crippen molar-refractivity contribution in [2.24, 2.45) is 10.9 Å². The zero-order chi connectivity index (χ0) is 13.0. The molecule has 1 aliphatic carbocycles. The summed E-state index contributed by atoms with van der Waals surface area (Å²) in [6.07, 6.45) is 3.72. The largest absolute Gasteiger partial charge is 0.409 e. The maximum absolute atomic E-state index is 11.5. The molecular weight excluding hydrogens is 252 g/mol. The van der Waals surface area contributed by atoms with E-state index in [9.17, 15) is 4.79 Å². The average Bonchev–Trinajstić information content (AvgIpc) is 3.19. The van der Waals surface area contributed by atoms with E-state index in [2.05, 4.69) is 15.5 Å². The second-order valence-corrected chi connectivity index (χ2v) is 4.99. The molecule has 0 bridgehead atoms. The number of thioether (sulfide) groups is 1. The first kappa shape index (κ1) is 12.7. The van der Waals surface area contributed by atoms with Gasteiger partial charge in [-0.2, -0.15) is 0 Å². The monoisotopic (exact) mass is 266 g/mol. The lowest BCUT2D eigenvalue weighted by atomic mass is 10.2. The van der Waals surface area contributed by atoms with Crippen LogP contribution in [0.5, 0.6) is 0 Å². The minimum atomic E-state index is 0.0125. The van der Waals surface area contributed by atoms with Crippen LogP contribution < -0.4 is 11.1 Å². The Balaban J connectivity index is 1.90. The molecule has 0 atom stereocenters. The van der Waals surface area contributed by atoms with Crippen LogP contribution in [0.3, 0.4) is 0 Å². The predicted molar refractivity (Wildman–Crippen MR) is 68.6 cm³/mol. The Morgan fingerprint density at radius 3 is 3.11 bits per heavy atom. The molecular formula is C11H14N4O2S. The van der Waals surface area contributed by atoms with Crippen LogP contribution in [-0.2, 0) is 4.79 Å². The highest BCUT2D eigenvalue weighted by molar-refractivity contribution is 7.99. The van der Waals surface area contributed by atoms with E-state index in [1.54, 1.807) is 18.3 Å². The van der Waals surface area contributed by atoms with Gasteiger partial charge in [-0.05, 0) is 25.0 Å². The third-order valence-corrected chi connectivity index (χ3v) is 3.36.